The zero-order valence-electron chi connectivity index (χ0n) is 23.4. The Labute approximate surface area is 243 Å². The summed E-state index contributed by atoms with van der Waals surface area (Å²) in [4.78, 5) is 30.6. The van der Waals surface area contributed by atoms with Crippen molar-refractivity contribution < 1.29 is 23.0 Å². The molecule has 1 N–H and O–H groups in total. The summed E-state index contributed by atoms with van der Waals surface area (Å²) in [5.41, 5.74) is 0.771. The molecule has 3 aliphatic heterocycles. The Balaban J connectivity index is 1.41. The van der Waals surface area contributed by atoms with Crippen LogP contribution in [0.5, 0.6) is 0 Å². The lowest BCUT2D eigenvalue weighted by Gasteiger charge is -2.32. The fourth-order valence-electron chi connectivity index (χ4n) is 6.25. The van der Waals surface area contributed by atoms with E-state index in [9.17, 15) is 10.1 Å². The van der Waals surface area contributed by atoms with E-state index in [1.807, 2.05) is 0 Å². The number of ether oxygens (including phenoxy) is 2. The molecule has 0 aliphatic carbocycles. The van der Waals surface area contributed by atoms with Gasteiger partial charge in [0.1, 0.15) is 22.2 Å². The van der Waals surface area contributed by atoms with Crippen molar-refractivity contribution in [2.75, 3.05) is 30.4 Å². The van der Waals surface area contributed by atoms with E-state index >= 15 is 8.78 Å². The number of nitrogens with one attached hydrogen (secondary N) is 1. The molecule has 0 radical (unpaired) electrons. The van der Waals surface area contributed by atoms with E-state index in [0.29, 0.717) is 22.9 Å². The fraction of sp³-hybridized carbons (Fsp3) is 0.414. The molecule has 2 fully saturated rings. The molecule has 2 bridgehead atoms. The van der Waals surface area contributed by atoms with Crippen LogP contribution in [0.4, 0.5) is 24.5 Å². The lowest BCUT2D eigenvalue weighted by Crippen LogP contribution is -2.45. The van der Waals surface area contributed by atoms with Gasteiger partial charge in [-0.25, -0.2) is 23.5 Å². The fourth-order valence-corrected chi connectivity index (χ4v) is 7.29. The number of carbonyl (C=O) groups excluding carboxylic acids is 1. The molecule has 3 aromatic heterocycles. The first-order valence-corrected chi connectivity index (χ1v) is 14.4. The summed E-state index contributed by atoms with van der Waals surface area (Å²) in [5.74, 6) is -0.877. The predicted molar refractivity (Wildman–Crippen MR) is 153 cm³/mol. The highest BCUT2D eigenvalue weighted by atomic mass is 32.1. The molecule has 0 saturated carbocycles. The van der Waals surface area contributed by atoms with Crippen LogP contribution in [0.2, 0.25) is 0 Å². The first-order valence-electron chi connectivity index (χ1n) is 13.6. The third kappa shape index (κ3) is 4.16. The molecule has 4 aromatic rings. The summed E-state index contributed by atoms with van der Waals surface area (Å²) in [7, 11) is 2.10. The van der Waals surface area contributed by atoms with Crippen LogP contribution in [0, 0.1) is 23.0 Å². The van der Waals surface area contributed by atoms with Gasteiger partial charge >= 0.3 is 6.09 Å². The first-order chi connectivity index (χ1) is 20.0. The standard InChI is InChI=1S/C29H27F2N7O3S/c1-29(2,3)41-28(39)36-26-15(6-32)21-24(33-8-19(30)25(21)42-26)20-18-12-40-11-17(18)16-7-34-27(35-23(16)22(20)31)38-10-13-5-14(38)9-37(13)4/h7-8,13-14H,5,9-12H2,1-4H3,(H,36,39)/t13-,14-/m1/s1. The Bertz CT molecular complexity index is 1850. The molecular formula is C29H27F2N7O3S. The number of pyridine rings is 1. The van der Waals surface area contributed by atoms with Crippen molar-refractivity contribution in [3.05, 3.63) is 40.7 Å². The maximum absolute atomic E-state index is 16.7. The Kier molecular flexibility index (Phi) is 6.09. The van der Waals surface area contributed by atoms with Crippen LogP contribution in [-0.2, 0) is 22.7 Å². The number of anilines is 2. The number of piperazine rings is 1. The van der Waals surface area contributed by atoms with Crippen LogP contribution in [0.1, 0.15) is 43.9 Å². The Hall–Kier alpha value is -3.99. The molecule has 42 heavy (non-hydrogen) atoms. The van der Waals surface area contributed by atoms with Crippen molar-refractivity contribution in [3.63, 3.8) is 0 Å². The van der Waals surface area contributed by atoms with Gasteiger partial charge in [0.25, 0.3) is 0 Å². The van der Waals surface area contributed by atoms with E-state index in [1.165, 1.54) is 0 Å². The number of halogens is 2. The number of aromatic nitrogens is 3. The van der Waals surface area contributed by atoms with E-state index < -0.39 is 23.3 Å². The first kappa shape index (κ1) is 26.9. The summed E-state index contributed by atoms with van der Waals surface area (Å²) >= 11 is 0.868. The van der Waals surface area contributed by atoms with Crippen molar-refractivity contribution in [1.82, 2.24) is 19.9 Å². The van der Waals surface area contributed by atoms with Gasteiger partial charge in [0.2, 0.25) is 5.95 Å². The maximum Gasteiger partial charge on any atom is 0.412 e. The quantitative estimate of drug-likeness (QED) is 0.338. The van der Waals surface area contributed by atoms with Gasteiger partial charge in [-0.3, -0.25) is 15.2 Å². The molecule has 13 heteroatoms. The number of carbonyl (C=O) groups is 1. The highest BCUT2D eigenvalue weighted by molar-refractivity contribution is 7.23. The third-order valence-corrected chi connectivity index (χ3v) is 9.20. The molecule has 1 aromatic carbocycles. The predicted octanol–water partition coefficient (Wildman–Crippen LogP) is 5.33. The van der Waals surface area contributed by atoms with Gasteiger partial charge in [-0.1, -0.05) is 0 Å². The largest absolute Gasteiger partial charge is 0.444 e. The van der Waals surface area contributed by atoms with E-state index in [1.54, 1.807) is 27.0 Å². The molecule has 3 aliphatic rings. The highest BCUT2D eigenvalue weighted by Gasteiger charge is 2.43. The molecule has 2 saturated heterocycles. The summed E-state index contributed by atoms with van der Waals surface area (Å²) in [6, 6.07) is 2.73. The Morgan fingerprint density at radius 3 is 2.67 bits per heavy atom. The summed E-state index contributed by atoms with van der Waals surface area (Å²) < 4.78 is 43.0. The molecule has 7 rings (SSSR count). The number of rotatable bonds is 3. The average Bonchev–Trinajstić information content (AvgIpc) is 3.71. The van der Waals surface area contributed by atoms with Gasteiger partial charge in [0, 0.05) is 47.7 Å². The number of amides is 1. The number of likely N-dealkylation sites (N-methyl/N-ethyl adjacent to an activating group) is 1. The van der Waals surface area contributed by atoms with Gasteiger partial charge < -0.3 is 14.4 Å². The van der Waals surface area contributed by atoms with E-state index in [4.69, 9.17) is 14.5 Å². The van der Waals surface area contributed by atoms with E-state index in [0.717, 1.165) is 42.6 Å². The Morgan fingerprint density at radius 2 is 1.98 bits per heavy atom. The number of nitrogens with zero attached hydrogens (tertiary/aromatic N) is 6. The van der Waals surface area contributed by atoms with Crippen molar-refractivity contribution >= 4 is 49.4 Å². The van der Waals surface area contributed by atoms with Crippen molar-refractivity contribution in [2.45, 2.75) is 58.1 Å². The zero-order chi connectivity index (χ0) is 29.5. The van der Waals surface area contributed by atoms with Gasteiger partial charge in [-0.2, -0.15) is 5.26 Å². The van der Waals surface area contributed by atoms with Crippen LogP contribution in [-0.4, -0.2) is 63.8 Å². The Morgan fingerprint density at radius 1 is 1.19 bits per heavy atom. The van der Waals surface area contributed by atoms with Gasteiger partial charge in [-0.05, 0) is 45.4 Å². The number of nitriles is 1. The van der Waals surface area contributed by atoms with Crippen LogP contribution in [0.25, 0.3) is 32.2 Å². The summed E-state index contributed by atoms with van der Waals surface area (Å²) in [5, 5.41) is 13.4. The summed E-state index contributed by atoms with van der Waals surface area (Å²) in [6.45, 7) is 7.11. The second kappa shape index (κ2) is 9.52. The van der Waals surface area contributed by atoms with Crippen LogP contribution >= 0.6 is 11.3 Å². The number of hydrogen-bond donors (Lipinski definition) is 1. The molecule has 0 spiro atoms. The summed E-state index contributed by atoms with van der Waals surface area (Å²) in [6.07, 6.45) is 2.87. The van der Waals surface area contributed by atoms with Crippen molar-refractivity contribution in [2.24, 2.45) is 0 Å². The normalized spacial score (nSPS) is 20.0. The topological polar surface area (TPSA) is 116 Å². The number of thiophene rings is 1. The van der Waals surface area contributed by atoms with Crippen molar-refractivity contribution in [3.8, 4) is 17.3 Å². The van der Waals surface area contributed by atoms with Gasteiger partial charge in [0.05, 0.1) is 35.4 Å². The number of fused-ring (bicyclic) bond motifs is 6. The molecule has 1 amide bonds. The van der Waals surface area contributed by atoms with Crippen LogP contribution < -0.4 is 10.2 Å². The molecular weight excluding hydrogens is 564 g/mol. The minimum absolute atomic E-state index is 0.0318. The van der Waals surface area contributed by atoms with Gasteiger partial charge in [0.15, 0.2) is 11.6 Å². The molecule has 2 atom stereocenters. The second-order valence-electron chi connectivity index (χ2n) is 11.9. The maximum atomic E-state index is 16.7. The molecule has 10 nitrogen and oxygen atoms in total. The number of hydrogen-bond acceptors (Lipinski definition) is 10. The second-order valence-corrected chi connectivity index (χ2v) is 12.9. The molecule has 0 unspecified atom stereocenters. The minimum Gasteiger partial charge on any atom is -0.444 e. The smallest absolute Gasteiger partial charge is 0.412 e. The molecule has 6 heterocycles. The van der Waals surface area contributed by atoms with Crippen LogP contribution in [0.15, 0.2) is 12.4 Å². The van der Waals surface area contributed by atoms with E-state index in [2.05, 4.69) is 38.2 Å². The lowest BCUT2D eigenvalue weighted by molar-refractivity contribution is 0.0636. The van der Waals surface area contributed by atoms with E-state index in [-0.39, 0.29) is 56.7 Å². The highest BCUT2D eigenvalue weighted by Crippen LogP contribution is 2.46. The third-order valence-electron chi connectivity index (χ3n) is 8.09. The minimum atomic E-state index is -0.794. The lowest BCUT2D eigenvalue weighted by atomic mass is 9.94. The van der Waals surface area contributed by atoms with Crippen LogP contribution in [0.3, 0.4) is 0 Å². The monoisotopic (exact) mass is 591 g/mol. The van der Waals surface area contributed by atoms with Crippen molar-refractivity contribution in [1.29, 1.82) is 5.26 Å². The zero-order valence-corrected chi connectivity index (χ0v) is 24.2. The number of likely N-dealkylation sites (tertiary alicyclic amines) is 1. The SMILES string of the molecule is CN1C[C@H]2C[C@@H]1CN2c1ncc2c3c(c(-c4ncc(F)c5sc(NC(=O)OC(C)(C)C)c(C#N)c45)c(F)c2n1)COC3. The molecule has 216 valence electrons. The number of benzene rings is 1. The van der Waals surface area contributed by atoms with Gasteiger partial charge in [-0.15, -0.1) is 11.3 Å². The average molecular weight is 592 g/mol.